The fourth-order valence-corrected chi connectivity index (χ4v) is 0.817. The number of carbonyl (C=O) groups is 1. The van der Waals surface area contributed by atoms with Gasteiger partial charge in [0.25, 0.3) is 5.91 Å². The first-order chi connectivity index (χ1) is 5.75. The van der Waals surface area contributed by atoms with Crippen LogP contribution in [-0.2, 0) is 0 Å². The third kappa shape index (κ3) is 1.67. The number of rotatable bonds is 2. The van der Waals surface area contributed by atoms with Crippen LogP contribution in [0.25, 0.3) is 0 Å². The molecule has 62 valence electrons. The Balaban J connectivity index is 2.67. The molecule has 0 bridgehead atoms. The molecule has 0 atom stereocenters. The lowest BCUT2D eigenvalue weighted by Gasteiger charge is -1.97. The normalized spacial score (nSPS) is 9.00. The van der Waals surface area contributed by atoms with Crippen LogP contribution in [0.15, 0.2) is 16.7 Å². The number of furan rings is 1. The second-order valence-corrected chi connectivity index (χ2v) is 2.32. The van der Waals surface area contributed by atoms with Crippen LogP contribution < -0.4 is 5.32 Å². The summed E-state index contributed by atoms with van der Waals surface area (Å²) in [6, 6.07) is 1.73. The zero-order chi connectivity index (χ0) is 8.97. The molecule has 0 aliphatic heterocycles. The molecule has 1 N–H and O–H groups in total. The Kier molecular flexibility index (Phi) is 2.54. The van der Waals surface area contributed by atoms with Gasteiger partial charge in [-0.05, 0) is 13.0 Å². The van der Waals surface area contributed by atoms with Gasteiger partial charge < -0.3 is 9.73 Å². The second-order valence-electron chi connectivity index (χ2n) is 2.32. The molecule has 1 amide bonds. The molecule has 0 aromatic carbocycles. The molecule has 0 aliphatic carbocycles. The summed E-state index contributed by atoms with van der Waals surface area (Å²) >= 11 is 0. The highest BCUT2D eigenvalue weighted by Gasteiger charge is 2.10. The molecule has 12 heavy (non-hydrogen) atoms. The Morgan fingerprint density at radius 2 is 2.58 bits per heavy atom. The number of hydrogen-bond donors (Lipinski definition) is 1. The molecule has 3 heteroatoms. The largest absolute Gasteiger partial charge is 0.459 e. The minimum absolute atomic E-state index is 0.221. The highest BCUT2D eigenvalue weighted by Crippen LogP contribution is 2.07. The summed E-state index contributed by atoms with van der Waals surface area (Å²) in [4.78, 5) is 11.2. The van der Waals surface area contributed by atoms with E-state index in [0.29, 0.717) is 5.76 Å². The van der Waals surface area contributed by atoms with Gasteiger partial charge in [0, 0.05) is 5.56 Å². The first kappa shape index (κ1) is 8.41. The standard InChI is InChI=1S/C9H9NO2/c1-3-5-10-9(11)8-7(2)4-6-12-8/h1,4,6H,5H2,2H3,(H,10,11). The lowest BCUT2D eigenvalue weighted by molar-refractivity contribution is 0.0930. The van der Waals surface area contributed by atoms with Crippen molar-refractivity contribution in [1.82, 2.24) is 5.32 Å². The average molecular weight is 163 g/mol. The quantitative estimate of drug-likeness (QED) is 0.659. The van der Waals surface area contributed by atoms with E-state index in [2.05, 4.69) is 11.2 Å². The maximum Gasteiger partial charge on any atom is 0.288 e. The van der Waals surface area contributed by atoms with Gasteiger partial charge >= 0.3 is 0 Å². The van der Waals surface area contributed by atoms with Crippen LogP contribution in [0.1, 0.15) is 16.1 Å². The van der Waals surface area contributed by atoms with Crippen molar-refractivity contribution in [2.24, 2.45) is 0 Å². The maximum atomic E-state index is 11.2. The van der Waals surface area contributed by atoms with E-state index in [1.54, 1.807) is 13.0 Å². The number of carbonyl (C=O) groups excluding carboxylic acids is 1. The molecule has 0 aliphatic rings. The number of amides is 1. The van der Waals surface area contributed by atoms with Crippen molar-refractivity contribution in [3.8, 4) is 12.3 Å². The van der Waals surface area contributed by atoms with Crippen LogP contribution in [0.5, 0.6) is 0 Å². The van der Waals surface area contributed by atoms with E-state index in [0.717, 1.165) is 5.56 Å². The van der Waals surface area contributed by atoms with Gasteiger partial charge in [0.15, 0.2) is 5.76 Å². The van der Waals surface area contributed by atoms with E-state index in [9.17, 15) is 4.79 Å². The lowest BCUT2D eigenvalue weighted by Crippen LogP contribution is -2.23. The molecule has 0 spiro atoms. The van der Waals surface area contributed by atoms with Gasteiger partial charge in [-0.25, -0.2) is 0 Å². The van der Waals surface area contributed by atoms with Crippen molar-refractivity contribution < 1.29 is 9.21 Å². The Morgan fingerprint density at radius 3 is 3.08 bits per heavy atom. The molecule has 1 rings (SSSR count). The summed E-state index contributed by atoms with van der Waals surface area (Å²) in [5.74, 6) is 2.36. The van der Waals surface area contributed by atoms with E-state index in [-0.39, 0.29) is 12.5 Å². The van der Waals surface area contributed by atoms with Crippen molar-refractivity contribution in [1.29, 1.82) is 0 Å². The molecule has 0 saturated heterocycles. The lowest BCUT2D eigenvalue weighted by atomic mass is 10.3. The highest BCUT2D eigenvalue weighted by atomic mass is 16.3. The molecule has 0 saturated carbocycles. The van der Waals surface area contributed by atoms with Gasteiger partial charge in [-0.2, -0.15) is 0 Å². The summed E-state index contributed by atoms with van der Waals surface area (Å²) in [7, 11) is 0. The Morgan fingerprint density at radius 1 is 1.83 bits per heavy atom. The zero-order valence-electron chi connectivity index (χ0n) is 6.76. The molecular weight excluding hydrogens is 154 g/mol. The van der Waals surface area contributed by atoms with Crippen molar-refractivity contribution in [2.75, 3.05) is 6.54 Å². The van der Waals surface area contributed by atoms with Gasteiger partial charge in [-0.3, -0.25) is 4.79 Å². The first-order valence-electron chi connectivity index (χ1n) is 3.51. The molecule has 0 radical (unpaired) electrons. The molecule has 0 fully saturated rings. The SMILES string of the molecule is C#CCNC(=O)c1occc1C. The highest BCUT2D eigenvalue weighted by molar-refractivity contribution is 5.92. The van der Waals surface area contributed by atoms with Crippen LogP contribution in [-0.4, -0.2) is 12.5 Å². The van der Waals surface area contributed by atoms with E-state index >= 15 is 0 Å². The van der Waals surface area contributed by atoms with Crippen molar-refractivity contribution in [3.05, 3.63) is 23.7 Å². The molecule has 3 nitrogen and oxygen atoms in total. The van der Waals surface area contributed by atoms with E-state index in [1.165, 1.54) is 6.26 Å². The predicted molar refractivity (Wildman–Crippen MR) is 44.6 cm³/mol. The number of aryl methyl sites for hydroxylation is 1. The fraction of sp³-hybridized carbons (Fsp3) is 0.222. The van der Waals surface area contributed by atoms with E-state index in [1.807, 2.05) is 0 Å². The monoisotopic (exact) mass is 163 g/mol. The number of hydrogen-bond acceptors (Lipinski definition) is 2. The van der Waals surface area contributed by atoms with Crippen LogP contribution in [0.2, 0.25) is 0 Å². The minimum Gasteiger partial charge on any atom is -0.459 e. The molecule has 0 unspecified atom stereocenters. The second kappa shape index (κ2) is 3.63. The maximum absolute atomic E-state index is 11.2. The van der Waals surface area contributed by atoms with Gasteiger partial charge in [-0.1, -0.05) is 5.92 Å². The molecule has 1 heterocycles. The topological polar surface area (TPSA) is 42.2 Å². The summed E-state index contributed by atoms with van der Waals surface area (Å²) in [5.41, 5.74) is 0.810. The first-order valence-corrected chi connectivity index (χ1v) is 3.51. The van der Waals surface area contributed by atoms with Crippen molar-refractivity contribution >= 4 is 5.91 Å². The van der Waals surface area contributed by atoms with Crippen LogP contribution in [0.3, 0.4) is 0 Å². The third-order valence-electron chi connectivity index (χ3n) is 1.42. The third-order valence-corrected chi connectivity index (χ3v) is 1.42. The van der Waals surface area contributed by atoms with Crippen molar-refractivity contribution in [2.45, 2.75) is 6.92 Å². The summed E-state index contributed by atoms with van der Waals surface area (Å²) in [5, 5.41) is 2.51. The Labute approximate surface area is 70.8 Å². The average Bonchev–Trinajstić information content (AvgIpc) is 2.47. The number of nitrogens with one attached hydrogen (secondary N) is 1. The molecular formula is C9H9NO2. The van der Waals surface area contributed by atoms with Crippen LogP contribution in [0.4, 0.5) is 0 Å². The van der Waals surface area contributed by atoms with Crippen LogP contribution in [0, 0.1) is 19.3 Å². The smallest absolute Gasteiger partial charge is 0.288 e. The summed E-state index contributed by atoms with van der Waals surface area (Å²) < 4.78 is 4.94. The van der Waals surface area contributed by atoms with Gasteiger partial charge in [-0.15, -0.1) is 6.42 Å². The van der Waals surface area contributed by atoms with Crippen molar-refractivity contribution in [3.63, 3.8) is 0 Å². The Hall–Kier alpha value is -1.69. The predicted octanol–water partition coefficient (Wildman–Crippen LogP) is 0.951. The number of terminal acetylenes is 1. The van der Waals surface area contributed by atoms with E-state index < -0.39 is 0 Å². The molecule has 1 aromatic rings. The zero-order valence-corrected chi connectivity index (χ0v) is 6.76. The van der Waals surface area contributed by atoms with Gasteiger partial charge in [0.1, 0.15) is 0 Å². The van der Waals surface area contributed by atoms with Gasteiger partial charge in [0.2, 0.25) is 0 Å². The summed E-state index contributed by atoms with van der Waals surface area (Å²) in [6.45, 7) is 2.02. The van der Waals surface area contributed by atoms with Crippen LogP contribution >= 0.6 is 0 Å². The van der Waals surface area contributed by atoms with Gasteiger partial charge in [0.05, 0.1) is 12.8 Å². The summed E-state index contributed by atoms with van der Waals surface area (Å²) in [6.07, 6.45) is 6.45. The minimum atomic E-state index is -0.268. The fourth-order valence-electron chi connectivity index (χ4n) is 0.817. The molecule has 1 aromatic heterocycles. The Bertz CT molecular complexity index is 320. The van der Waals surface area contributed by atoms with E-state index in [4.69, 9.17) is 10.8 Å².